The number of nitrogens with one attached hydrogen (secondary N) is 1. The van der Waals surface area contributed by atoms with Gasteiger partial charge in [0.1, 0.15) is 23.7 Å². The molecule has 1 aromatic heterocycles. The molecule has 0 aliphatic heterocycles. The molecule has 1 heterocycles. The minimum atomic E-state index is -4.40. The molecule has 0 saturated heterocycles. The highest BCUT2D eigenvalue weighted by Gasteiger charge is 2.30. The van der Waals surface area contributed by atoms with E-state index in [1.165, 1.54) is 6.07 Å². The molecule has 0 fully saturated rings. The number of rotatable bonds is 5. The monoisotopic (exact) mass is 394 g/mol. The second-order valence-electron chi connectivity index (χ2n) is 5.58. The molecule has 0 radical (unpaired) electrons. The van der Waals surface area contributed by atoms with Crippen molar-refractivity contribution >= 4 is 17.8 Å². The topological polar surface area (TPSA) is 63.2 Å². The molecular weight excluding hydrogens is 381 g/mol. The summed E-state index contributed by atoms with van der Waals surface area (Å²) in [6.07, 6.45) is -2.84. The Kier molecular flexibility index (Phi) is 5.46. The van der Waals surface area contributed by atoms with Crippen molar-refractivity contribution in [1.82, 2.24) is 15.4 Å². The van der Waals surface area contributed by atoms with Crippen molar-refractivity contribution in [2.24, 2.45) is 4.99 Å². The first-order valence-electron chi connectivity index (χ1n) is 7.80. The highest BCUT2D eigenvalue weighted by molar-refractivity contribution is 6.32. The fraction of sp³-hybridized carbons (Fsp3) is 0.167. The van der Waals surface area contributed by atoms with Crippen LogP contribution in [0.3, 0.4) is 0 Å². The molecular formula is C18H14ClF3N4O. The first-order valence-corrected chi connectivity index (χ1v) is 8.18. The van der Waals surface area contributed by atoms with Gasteiger partial charge >= 0.3 is 6.18 Å². The molecule has 9 heteroatoms. The average Bonchev–Trinajstić information content (AvgIpc) is 3.09. The molecule has 0 spiro atoms. The van der Waals surface area contributed by atoms with Crippen molar-refractivity contribution in [3.05, 3.63) is 64.3 Å². The molecule has 3 aromatic rings. The molecule has 0 atom stereocenters. The maximum absolute atomic E-state index is 12.8. The van der Waals surface area contributed by atoms with E-state index in [0.717, 1.165) is 12.1 Å². The van der Waals surface area contributed by atoms with Crippen LogP contribution in [0.15, 0.2) is 47.5 Å². The number of aliphatic imine (C=N–C) groups is 1. The number of aromatic nitrogens is 3. The van der Waals surface area contributed by atoms with Gasteiger partial charge in [0, 0.05) is 12.6 Å². The molecule has 5 nitrogen and oxygen atoms in total. The summed E-state index contributed by atoms with van der Waals surface area (Å²) in [6.45, 7) is -0.0410. The van der Waals surface area contributed by atoms with Crippen LogP contribution in [0.25, 0.3) is 11.3 Å². The van der Waals surface area contributed by atoms with Crippen LogP contribution in [0, 0.1) is 0 Å². The van der Waals surface area contributed by atoms with Gasteiger partial charge in [-0.15, -0.1) is 0 Å². The summed E-state index contributed by atoms with van der Waals surface area (Å²) in [6, 6.07) is 9.98. The van der Waals surface area contributed by atoms with E-state index in [1.54, 1.807) is 37.5 Å². The second-order valence-corrected chi connectivity index (χ2v) is 5.98. The Morgan fingerprint density at radius 1 is 1.19 bits per heavy atom. The molecule has 1 N–H and O–H groups in total. The van der Waals surface area contributed by atoms with Crippen LogP contribution >= 0.6 is 11.6 Å². The van der Waals surface area contributed by atoms with E-state index in [0.29, 0.717) is 33.3 Å². The van der Waals surface area contributed by atoms with Crippen molar-refractivity contribution in [3.8, 4) is 17.0 Å². The van der Waals surface area contributed by atoms with Gasteiger partial charge in [-0.25, -0.2) is 0 Å². The maximum Gasteiger partial charge on any atom is 0.416 e. The molecule has 0 aliphatic rings. The Hall–Kier alpha value is -2.87. The normalized spacial score (nSPS) is 11.9. The Morgan fingerprint density at radius 2 is 2.00 bits per heavy atom. The molecule has 0 saturated carbocycles. The van der Waals surface area contributed by atoms with Gasteiger partial charge < -0.3 is 4.74 Å². The van der Waals surface area contributed by atoms with Crippen molar-refractivity contribution < 1.29 is 17.9 Å². The van der Waals surface area contributed by atoms with Crippen LogP contribution in [-0.4, -0.2) is 28.7 Å². The third-order valence-corrected chi connectivity index (χ3v) is 3.98. The zero-order valence-electron chi connectivity index (χ0n) is 14.1. The summed E-state index contributed by atoms with van der Waals surface area (Å²) in [5, 5.41) is 10.9. The van der Waals surface area contributed by atoms with Crippen molar-refractivity contribution in [2.45, 2.75) is 12.8 Å². The maximum atomic E-state index is 12.8. The molecule has 27 heavy (non-hydrogen) atoms. The molecule has 0 aliphatic carbocycles. The summed E-state index contributed by atoms with van der Waals surface area (Å²) in [5.41, 5.74) is 1.51. The lowest BCUT2D eigenvalue weighted by atomic mass is 10.1. The van der Waals surface area contributed by atoms with Crippen LogP contribution in [0.5, 0.6) is 5.75 Å². The van der Waals surface area contributed by atoms with E-state index in [2.05, 4.69) is 20.4 Å². The van der Waals surface area contributed by atoms with Crippen molar-refractivity contribution in [1.29, 1.82) is 0 Å². The zero-order valence-corrected chi connectivity index (χ0v) is 14.8. The summed E-state index contributed by atoms with van der Waals surface area (Å²) in [4.78, 5) is 3.91. The second kappa shape index (κ2) is 7.79. The molecule has 0 unspecified atom stereocenters. The minimum absolute atomic E-state index is 0.0410. The lowest BCUT2D eigenvalue weighted by Crippen LogP contribution is -2.06. The number of nitrogens with zero attached hydrogens (tertiary/aromatic N) is 3. The summed E-state index contributed by atoms with van der Waals surface area (Å²) < 4.78 is 43.9. The standard InChI is InChI=1S/C18H14ClF3N4O/c1-23-9-15-17(25-26-24-15)12-5-6-16(14(19)8-12)27-10-11-3-2-4-13(7-11)18(20,21)22/h2-9H,10H2,1H3,(H,24,25,26). The third-order valence-electron chi connectivity index (χ3n) is 3.68. The van der Waals surface area contributed by atoms with Gasteiger partial charge in [-0.1, -0.05) is 23.7 Å². The molecule has 140 valence electrons. The van der Waals surface area contributed by atoms with E-state index in [-0.39, 0.29) is 6.61 Å². The highest BCUT2D eigenvalue weighted by Crippen LogP contribution is 2.32. The van der Waals surface area contributed by atoms with E-state index in [4.69, 9.17) is 16.3 Å². The number of aromatic amines is 1. The predicted octanol–water partition coefficient (Wildman–Crippen LogP) is 4.77. The number of benzene rings is 2. The van der Waals surface area contributed by atoms with Crippen molar-refractivity contribution in [2.75, 3.05) is 7.05 Å². The van der Waals surface area contributed by atoms with Crippen LogP contribution in [-0.2, 0) is 12.8 Å². The summed E-state index contributed by atoms with van der Waals surface area (Å²) in [5.74, 6) is 0.354. The fourth-order valence-corrected chi connectivity index (χ4v) is 2.66. The number of ether oxygens (including phenoxy) is 1. The Morgan fingerprint density at radius 3 is 2.70 bits per heavy atom. The zero-order chi connectivity index (χ0) is 19.4. The van der Waals surface area contributed by atoms with E-state index in [1.807, 2.05) is 0 Å². The highest BCUT2D eigenvalue weighted by atomic mass is 35.5. The van der Waals surface area contributed by atoms with Crippen LogP contribution in [0.1, 0.15) is 16.8 Å². The number of alkyl halides is 3. The van der Waals surface area contributed by atoms with E-state index in [9.17, 15) is 13.2 Å². The van der Waals surface area contributed by atoms with E-state index < -0.39 is 11.7 Å². The molecule has 0 amide bonds. The van der Waals surface area contributed by atoms with Crippen LogP contribution < -0.4 is 4.74 Å². The quantitative estimate of drug-likeness (QED) is 0.634. The first-order chi connectivity index (χ1) is 12.9. The lowest BCUT2D eigenvalue weighted by Gasteiger charge is -2.11. The number of hydrogen-bond acceptors (Lipinski definition) is 4. The third kappa shape index (κ3) is 4.46. The van der Waals surface area contributed by atoms with Gasteiger partial charge in [0.05, 0.1) is 16.8 Å². The average molecular weight is 395 g/mol. The molecule has 2 aromatic carbocycles. The van der Waals surface area contributed by atoms with Gasteiger partial charge in [-0.05, 0) is 35.9 Å². The number of halogens is 4. The Labute approximate surface area is 157 Å². The van der Waals surface area contributed by atoms with Gasteiger partial charge in [-0.3, -0.25) is 4.99 Å². The fourth-order valence-electron chi connectivity index (χ4n) is 2.43. The SMILES string of the molecule is CN=Cc1n[nH]nc1-c1ccc(OCc2cccc(C(F)(F)F)c2)c(Cl)c1. The first kappa shape index (κ1) is 18.9. The lowest BCUT2D eigenvalue weighted by molar-refractivity contribution is -0.137. The summed E-state index contributed by atoms with van der Waals surface area (Å²) >= 11 is 6.25. The summed E-state index contributed by atoms with van der Waals surface area (Å²) in [7, 11) is 1.62. The Bertz CT molecular complexity index is 969. The van der Waals surface area contributed by atoms with E-state index >= 15 is 0 Å². The predicted molar refractivity (Wildman–Crippen MR) is 96.1 cm³/mol. The largest absolute Gasteiger partial charge is 0.487 e. The van der Waals surface area contributed by atoms with Gasteiger partial charge in [0.15, 0.2) is 0 Å². The number of hydrogen-bond donors (Lipinski definition) is 1. The van der Waals surface area contributed by atoms with Crippen molar-refractivity contribution in [3.63, 3.8) is 0 Å². The molecule has 0 bridgehead atoms. The Balaban J connectivity index is 1.76. The van der Waals surface area contributed by atoms with Crippen LogP contribution in [0.2, 0.25) is 5.02 Å². The molecule has 3 rings (SSSR count). The van der Waals surface area contributed by atoms with Gasteiger partial charge in [-0.2, -0.15) is 28.6 Å². The smallest absolute Gasteiger partial charge is 0.416 e. The minimum Gasteiger partial charge on any atom is -0.487 e. The van der Waals surface area contributed by atoms with Crippen LogP contribution in [0.4, 0.5) is 13.2 Å². The van der Waals surface area contributed by atoms with Gasteiger partial charge in [0.2, 0.25) is 0 Å². The number of H-pyrrole nitrogens is 1. The van der Waals surface area contributed by atoms with Gasteiger partial charge in [0.25, 0.3) is 0 Å².